The first-order chi connectivity index (χ1) is 15.1. The smallest absolute Gasteiger partial charge is 0.252 e. The number of ether oxygens (including phenoxy) is 1. The van der Waals surface area contributed by atoms with Crippen molar-refractivity contribution < 1.29 is 26.4 Å². The Balaban J connectivity index is 1.57. The Hall–Kier alpha value is -2.34. The molecule has 0 atom stereocenters. The van der Waals surface area contributed by atoms with Crippen LogP contribution in [-0.4, -0.2) is 71.2 Å². The number of carbonyl (C=O) groups excluding carboxylic acids is 1. The van der Waals surface area contributed by atoms with Gasteiger partial charge in [-0.1, -0.05) is 0 Å². The second-order valence-corrected chi connectivity index (χ2v) is 12.3. The van der Waals surface area contributed by atoms with Crippen molar-refractivity contribution >= 4 is 37.3 Å². The summed E-state index contributed by atoms with van der Waals surface area (Å²) in [6.45, 7) is 0.969. The summed E-state index contributed by atoms with van der Waals surface area (Å²) >= 11 is 1.06. The largest absolute Gasteiger partial charge is 0.379 e. The van der Waals surface area contributed by atoms with E-state index in [4.69, 9.17) is 10.00 Å². The van der Waals surface area contributed by atoms with Gasteiger partial charge in [-0.2, -0.15) is 13.9 Å². The summed E-state index contributed by atoms with van der Waals surface area (Å²) in [5, 5.41) is 11.4. The van der Waals surface area contributed by atoms with E-state index in [2.05, 4.69) is 5.32 Å². The van der Waals surface area contributed by atoms with E-state index in [-0.39, 0.29) is 15.6 Å². The molecule has 3 rings (SSSR count). The number of nitrogens with one attached hydrogen (secondary N) is 1. The molecule has 1 aliphatic rings. The SMILES string of the molecule is CN(CC(=O)NCc1ccc(S(=O)(=O)N2CCOCC2)s1)S(=O)(=O)c1ccc(C#N)cc1. The molecule has 32 heavy (non-hydrogen) atoms. The summed E-state index contributed by atoms with van der Waals surface area (Å²) < 4.78 is 58.2. The minimum Gasteiger partial charge on any atom is -0.379 e. The molecule has 1 fully saturated rings. The van der Waals surface area contributed by atoms with Crippen molar-refractivity contribution in [1.29, 1.82) is 5.26 Å². The van der Waals surface area contributed by atoms with Gasteiger partial charge in [0.05, 0.1) is 42.8 Å². The Morgan fingerprint density at radius 2 is 1.81 bits per heavy atom. The lowest BCUT2D eigenvalue weighted by Gasteiger charge is -2.25. The highest BCUT2D eigenvalue weighted by Crippen LogP contribution is 2.25. The predicted molar refractivity (Wildman–Crippen MR) is 117 cm³/mol. The monoisotopic (exact) mass is 498 g/mol. The van der Waals surface area contributed by atoms with Crippen LogP contribution in [0.5, 0.6) is 0 Å². The van der Waals surface area contributed by atoms with Crippen molar-refractivity contribution in [2.45, 2.75) is 15.6 Å². The van der Waals surface area contributed by atoms with E-state index in [0.717, 1.165) is 15.6 Å². The maximum Gasteiger partial charge on any atom is 0.252 e. The Morgan fingerprint density at radius 3 is 2.44 bits per heavy atom. The van der Waals surface area contributed by atoms with Crippen LogP contribution in [0, 0.1) is 11.3 Å². The molecule has 0 bridgehead atoms. The second kappa shape index (κ2) is 10.1. The molecule has 0 spiro atoms. The number of hydrogen-bond donors (Lipinski definition) is 1. The number of sulfonamides is 2. The van der Waals surface area contributed by atoms with Crippen LogP contribution in [0.15, 0.2) is 45.5 Å². The Bertz CT molecular complexity index is 1210. The average molecular weight is 499 g/mol. The van der Waals surface area contributed by atoms with E-state index >= 15 is 0 Å². The second-order valence-electron chi connectivity index (χ2n) is 6.91. The summed E-state index contributed by atoms with van der Waals surface area (Å²) in [6.07, 6.45) is 0. The molecule has 2 heterocycles. The highest BCUT2D eigenvalue weighted by Gasteiger charge is 2.28. The molecule has 1 aliphatic heterocycles. The summed E-state index contributed by atoms with van der Waals surface area (Å²) in [7, 11) is -6.22. The van der Waals surface area contributed by atoms with Crippen LogP contribution >= 0.6 is 11.3 Å². The third-order valence-electron chi connectivity index (χ3n) is 4.72. The molecule has 0 aliphatic carbocycles. The van der Waals surface area contributed by atoms with Crippen LogP contribution in [0.25, 0.3) is 0 Å². The molecule has 0 saturated carbocycles. The molecule has 1 aromatic heterocycles. The van der Waals surface area contributed by atoms with Gasteiger partial charge in [-0.25, -0.2) is 16.8 Å². The van der Waals surface area contributed by atoms with Gasteiger partial charge >= 0.3 is 0 Å². The normalized spacial score (nSPS) is 15.4. The zero-order chi connectivity index (χ0) is 23.4. The lowest BCUT2D eigenvalue weighted by Crippen LogP contribution is -2.40. The summed E-state index contributed by atoms with van der Waals surface area (Å²) in [5.74, 6) is -0.532. The zero-order valence-electron chi connectivity index (χ0n) is 17.2. The molecule has 13 heteroatoms. The van der Waals surface area contributed by atoms with Crippen LogP contribution < -0.4 is 5.32 Å². The molecule has 1 amide bonds. The number of rotatable bonds is 8. The third kappa shape index (κ3) is 5.52. The van der Waals surface area contributed by atoms with E-state index in [1.807, 2.05) is 6.07 Å². The Kier molecular flexibility index (Phi) is 7.65. The van der Waals surface area contributed by atoms with Gasteiger partial charge in [-0.3, -0.25) is 4.79 Å². The van der Waals surface area contributed by atoms with Gasteiger partial charge in [0, 0.05) is 25.0 Å². The quantitative estimate of drug-likeness (QED) is 0.562. The number of nitrogens with zero attached hydrogens (tertiary/aromatic N) is 3. The molecule has 2 aromatic rings. The molecule has 0 radical (unpaired) electrons. The fourth-order valence-electron chi connectivity index (χ4n) is 2.92. The van der Waals surface area contributed by atoms with Crippen molar-refractivity contribution in [3.63, 3.8) is 0 Å². The van der Waals surface area contributed by atoms with E-state index in [1.165, 1.54) is 41.7 Å². The fourth-order valence-corrected chi connectivity index (χ4v) is 6.90. The minimum atomic E-state index is -3.90. The maximum absolute atomic E-state index is 12.7. The fraction of sp³-hybridized carbons (Fsp3) is 0.368. The summed E-state index contributed by atoms with van der Waals surface area (Å²) in [6, 6.07) is 10.4. The highest BCUT2D eigenvalue weighted by molar-refractivity contribution is 7.91. The van der Waals surface area contributed by atoms with Gasteiger partial charge < -0.3 is 10.1 Å². The molecule has 0 unspecified atom stereocenters. The van der Waals surface area contributed by atoms with Gasteiger partial charge in [0.1, 0.15) is 4.21 Å². The first-order valence-corrected chi connectivity index (χ1v) is 13.2. The number of morpholine rings is 1. The Morgan fingerprint density at radius 1 is 1.16 bits per heavy atom. The van der Waals surface area contributed by atoms with Crippen LogP contribution in [-0.2, 0) is 36.1 Å². The minimum absolute atomic E-state index is 0.0250. The number of likely N-dealkylation sites (N-methyl/N-ethyl adjacent to an activating group) is 1. The van der Waals surface area contributed by atoms with Crippen molar-refractivity contribution in [3.05, 3.63) is 46.8 Å². The number of amides is 1. The van der Waals surface area contributed by atoms with Gasteiger partial charge in [-0.05, 0) is 36.4 Å². The molecule has 1 aromatic carbocycles. The average Bonchev–Trinajstić information content (AvgIpc) is 3.28. The van der Waals surface area contributed by atoms with Crippen molar-refractivity contribution in [1.82, 2.24) is 13.9 Å². The number of carbonyl (C=O) groups is 1. The standard InChI is InChI=1S/C19H22N4O6S3/c1-22(31(25,26)17-5-2-15(12-20)3-6-17)14-18(24)21-13-16-4-7-19(30-16)32(27,28)23-8-10-29-11-9-23/h2-7H,8-11,13-14H2,1H3,(H,21,24). The topological polar surface area (TPSA) is 137 Å². The van der Waals surface area contributed by atoms with Gasteiger partial charge in [-0.15, -0.1) is 11.3 Å². The lowest BCUT2D eigenvalue weighted by molar-refractivity contribution is -0.121. The first kappa shape index (κ1) is 24.3. The molecule has 1 N–H and O–H groups in total. The molecular formula is C19H22N4O6S3. The molecule has 172 valence electrons. The maximum atomic E-state index is 12.7. The molecular weight excluding hydrogens is 476 g/mol. The van der Waals surface area contributed by atoms with E-state index in [0.29, 0.717) is 36.7 Å². The van der Waals surface area contributed by atoms with Gasteiger partial charge in [0.25, 0.3) is 10.0 Å². The van der Waals surface area contributed by atoms with E-state index in [9.17, 15) is 21.6 Å². The van der Waals surface area contributed by atoms with Crippen LogP contribution in [0.1, 0.15) is 10.4 Å². The number of hydrogen-bond acceptors (Lipinski definition) is 8. The van der Waals surface area contributed by atoms with Crippen molar-refractivity contribution in [3.8, 4) is 6.07 Å². The van der Waals surface area contributed by atoms with Crippen molar-refractivity contribution in [2.75, 3.05) is 39.9 Å². The highest BCUT2D eigenvalue weighted by atomic mass is 32.2. The molecule has 10 nitrogen and oxygen atoms in total. The van der Waals surface area contributed by atoms with Crippen LogP contribution in [0.3, 0.4) is 0 Å². The van der Waals surface area contributed by atoms with Crippen LogP contribution in [0.2, 0.25) is 0 Å². The third-order valence-corrected chi connectivity index (χ3v) is 9.99. The van der Waals surface area contributed by atoms with Gasteiger partial charge in [0.2, 0.25) is 15.9 Å². The van der Waals surface area contributed by atoms with E-state index < -0.39 is 32.5 Å². The predicted octanol–water partition coefficient (Wildman–Crippen LogP) is 0.578. The Labute approximate surface area is 191 Å². The molecule has 1 saturated heterocycles. The summed E-state index contributed by atoms with van der Waals surface area (Å²) in [4.78, 5) is 12.9. The number of thiophene rings is 1. The summed E-state index contributed by atoms with van der Waals surface area (Å²) in [5.41, 5.74) is 0.329. The van der Waals surface area contributed by atoms with Crippen molar-refractivity contribution in [2.24, 2.45) is 0 Å². The first-order valence-electron chi connectivity index (χ1n) is 9.54. The number of nitriles is 1. The van der Waals surface area contributed by atoms with Crippen LogP contribution in [0.4, 0.5) is 0 Å². The van der Waals surface area contributed by atoms with Gasteiger partial charge in [0.15, 0.2) is 0 Å². The zero-order valence-corrected chi connectivity index (χ0v) is 19.7. The lowest BCUT2D eigenvalue weighted by atomic mass is 10.2. The number of benzene rings is 1. The van der Waals surface area contributed by atoms with E-state index in [1.54, 1.807) is 6.07 Å².